The number of ether oxygens (including phenoxy) is 1. The smallest absolute Gasteiger partial charge is 0.132 e. The zero-order valence-electron chi connectivity index (χ0n) is 11.2. The van der Waals surface area contributed by atoms with Crippen molar-refractivity contribution in [3.05, 3.63) is 0 Å². The fourth-order valence-corrected chi connectivity index (χ4v) is 2.71. The van der Waals surface area contributed by atoms with E-state index >= 15 is 0 Å². The molecule has 0 bridgehead atoms. The molecule has 0 aromatic carbocycles. The normalized spacial score (nSPS) is 11.1. The van der Waals surface area contributed by atoms with Gasteiger partial charge in [-0.2, -0.15) is 0 Å². The molecule has 0 fully saturated rings. The van der Waals surface area contributed by atoms with Gasteiger partial charge in [0.15, 0.2) is 0 Å². The second kappa shape index (κ2) is 12.7. The van der Waals surface area contributed by atoms with Crippen molar-refractivity contribution in [2.24, 2.45) is 0 Å². The fraction of sp³-hybridized carbons (Fsp3) is 0.917. The lowest BCUT2D eigenvalue weighted by Gasteiger charge is -2.07. The largest absolute Gasteiger partial charge is 0.370 e. The van der Waals surface area contributed by atoms with E-state index in [2.05, 4.69) is 19.2 Å². The average molecular weight is 279 g/mol. The Kier molecular flexibility index (Phi) is 13.0. The van der Waals surface area contributed by atoms with Crippen molar-refractivity contribution >= 4 is 27.4 Å². The van der Waals surface area contributed by atoms with E-state index in [4.69, 9.17) is 4.74 Å². The van der Waals surface area contributed by atoms with E-state index in [1.54, 1.807) is 10.8 Å². The number of carbonyl (C=O) groups is 1. The Morgan fingerprint density at radius 2 is 2.12 bits per heavy atom. The predicted octanol–water partition coefficient (Wildman–Crippen LogP) is 3.10. The van der Waals surface area contributed by atoms with Gasteiger partial charge in [-0.15, -0.1) is 0 Å². The van der Waals surface area contributed by atoms with Crippen LogP contribution in [0.1, 0.15) is 40.0 Å². The van der Waals surface area contributed by atoms with Crippen LogP contribution in [0.2, 0.25) is 0 Å². The summed E-state index contributed by atoms with van der Waals surface area (Å²) >= 11 is 0. The number of nitrogens with one attached hydrogen (secondary N) is 1. The monoisotopic (exact) mass is 279 g/mol. The van der Waals surface area contributed by atoms with E-state index < -0.39 is 0 Å². The third kappa shape index (κ3) is 14.2. The third-order valence-corrected chi connectivity index (χ3v) is 4.18. The van der Waals surface area contributed by atoms with Gasteiger partial charge >= 0.3 is 0 Å². The summed E-state index contributed by atoms with van der Waals surface area (Å²) in [5.74, 6) is 2.14. The maximum absolute atomic E-state index is 11.0. The molecule has 0 aromatic heterocycles. The Bertz CT molecular complexity index is 189. The van der Waals surface area contributed by atoms with Crippen molar-refractivity contribution in [1.29, 1.82) is 0 Å². The molecular formula is C12H25NO2S2. The molecule has 3 nitrogen and oxygen atoms in total. The highest BCUT2D eigenvalue weighted by molar-refractivity contribution is 8.76. The van der Waals surface area contributed by atoms with Crippen LogP contribution in [0, 0.1) is 0 Å². The first kappa shape index (κ1) is 17.3. The maximum atomic E-state index is 11.0. The van der Waals surface area contributed by atoms with Crippen LogP contribution in [0.3, 0.4) is 0 Å². The Balaban J connectivity index is 3.01. The van der Waals surface area contributed by atoms with Crippen molar-refractivity contribution in [2.75, 3.05) is 24.8 Å². The van der Waals surface area contributed by atoms with Crippen LogP contribution in [0.4, 0.5) is 0 Å². The summed E-state index contributed by atoms with van der Waals surface area (Å²) in [7, 11) is 3.57. The zero-order chi connectivity index (χ0) is 12.9. The summed E-state index contributed by atoms with van der Waals surface area (Å²) in [5, 5.41) is 3.36. The third-order valence-electron chi connectivity index (χ3n) is 2.09. The minimum absolute atomic E-state index is 0.329. The second-order valence-corrected chi connectivity index (χ2v) is 6.60. The molecule has 0 saturated heterocycles. The van der Waals surface area contributed by atoms with Crippen LogP contribution in [0.15, 0.2) is 0 Å². The molecule has 0 atom stereocenters. The zero-order valence-corrected chi connectivity index (χ0v) is 12.8. The fourth-order valence-electron chi connectivity index (χ4n) is 1.12. The highest BCUT2D eigenvalue weighted by Crippen LogP contribution is 2.20. The van der Waals surface area contributed by atoms with Crippen molar-refractivity contribution in [3.8, 4) is 0 Å². The number of hydrogen-bond donors (Lipinski definition) is 1. The molecule has 0 amide bonds. The average Bonchev–Trinajstić information content (AvgIpc) is 2.30. The quantitative estimate of drug-likeness (QED) is 0.337. The highest BCUT2D eigenvalue weighted by Gasteiger charge is 1.98. The number of rotatable bonds is 12. The standard InChI is InChI=1S/C12H25NO2S2/c1-4-12(14)6-5-8-15-10-17-16-9-7-13-11(2)3/h11,13H,4-10H2,1-3H3. The molecular weight excluding hydrogens is 254 g/mol. The molecule has 102 valence electrons. The van der Waals surface area contributed by atoms with Crippen molar-refractivity contribution in [3.63, 3.8) is 0 Å². The van der Waals surface area contributed by atoms with E-state index in [0.717, 1.165) is 18.7 Å². The molecule has 1 N–H and O–H groups in total. The molecule has 5 heteroatoms. The molecule has 0 spiro atoms. The van der Waals surface area contributed by atoms with Crippen LogP contribution in [0.5, 0.6) is 0 Å². The van der Waals surface area contributed by atoms with E-state index in [1.807, 2.05) is 17.7 Å². The van der Waals surface area contributed by atoms with Crippen LogP contribution < -0.4 is 5.32 Å². The molecule has 0 aliphatic rings. The van der Waals surface area contributed by atoms with Gasteiger partial charge in [-0.25, -0.2) is 0 Å². The van der Waals surface area contributed by atoms with Gasteiger partial charge in [0, 0.05) is 37.8 Å². The molecule has 0 unspecified atom stereocenters. The van der Waals surface area contributed by atoms with Crippen LogP contribution >= 0.6 is 21.6 Å². The summed E-state index contributed by atoms with van der Waals surface area (Å²) in [5.41, 5.74) is 0. The first-order valence-corrected chi connectivity index (χ1v) is 8.72. The van der Waals surface area contributed by atoms with Gasteiger partial charge in [0.05, 0.1) is 0 Å². The van der Waals surface area contributed by atoms with E-state index in [0.29, 0.717) is 37.2 Å². The Morgan fingerprint density at radius 3 is 2.76 bits per heavy atom. The Morgan fingerprint density at radius 1 is 1.35 bits per heavy atom. The van der Waals surface area contributed by atoms with Gasteiger partial charge in [-0.1, -0.05) is 42.4 Å². The lowest BCUT2D eigenvalue weighted by atomic mass is 10.2. The Labute approximate surface area is 113 Å². The van der Waals surface area contributed by atoms with Gasteiger partial charge in [0.2, 0.25) is 0 Å². The first-order chi connectivity index (χ1) is 8.16. The van der Waals surface area contributed by atoms with Crippen LogP contribution in [0.25, 0.3) is 0 Å². The minimum atomic E-state index is 0.329. The number of ketones is 1. The van der Waals surface area contributed by atoms with Crippen molar-refractivity contribution < 1.29 is 9.53 Å². The summed E-state index contributed by atoms with van der Waals surface area (Å²) in [6, 6.07) is 0.563. The minimum Gasteiger partial charge on any atom is -0.370 e. The SMILES string of the molecule is CCC(=O)CCCOCSSCCNC(C)C. The first-order valence-electron chi connectivity index (χ1n) is 6.24. The van der Waals surface area contributed by atoms with Crippen LogP contribution in [-0.2, 0) is 9.53 Å². The van der Waals surface area contributed by atoms with Gasteiger partial charge < -0.3 is 10.1 Å². The molecule has 0 aromatic rings. The summed E-state index contributed by atoms with van der Waals surface area (Å²) in [4.78, 5) is 11.0. The summed E-state index contributed by atoms with van der Waals surface area (Å²) in [6.45, 7) is 7.95. The molecule has 0 rings (SSSR count). The molecule has 0 heterocycles. The molecule has 17 heavy (non-hydrogen) atoms. The van der Waals surface area contributed by atoms with Gasteiger partial charge in [0.1, 0.15) is 11.7 Å². The van der Waals surface area contributed by atoms with Gasteiger partial charge in [-0.05, 0) is 6.42 Å². The summed E-state index contributed by atoms with van der Waals surface area (Å²) in [6.07, 6.45) is 2.16. The van der Waals surface area contributed by atoms with Crippen molar-refractivity contribution in [1.82, 2.24) is 5.32 Å². The van der Waals surface area contributed by atoms with E-state index in [1.165, 1.54) is 0 Å². The number of hydrogen-bond acceptors (Lipinski definition) is 5. The van der Waals surface area contributed by atoms with Gasteiger partial charge in [0.25, 0.3) is 0 Å². The second-order valence-electron chi connectivity index (χ2n) is 4.07. The number of Topliss-reactive ketones (excluding diaryl/α,β-unsaturated/α-hetero) is 1. The highest BCUT2D eigenvalue weighted by atomic mass is 33.1. The van der Waals surface area contributed by atoms with Crippen LogP contribution in [-0.4, -0.2) is 36.7 Å². The molecule has 0 aliphatic heterocycles. The predicted molar refractivity (Wildman–Crippen MR) is 78.5 cm³/mol. The lowest BCUT2D eigenvalue weighted by Crippen LogP contribution is -2.24. The van der Waals surface area contributed by atoms with E-state index in [9.17, 15) is 4.79 Å². The van der Waals surface area contributed by atoms with Gasteiger partial charge in [-0.3, -0.25) is 4.79 Å². The summed E-state index contributed by atoms with van der Waals surface area (Å²) < 4.78 is 5.43. The number of carbonyl (C=O) groups excluding carboxylic acids is 1. The topological polar surface area (TPSA) is 38.3 Å². The lowest BCUT2D eigenvalue weighted by molar-refractivity contribution is -0.119. The van der Waals surface area contributed by atoms with Crippen molar-refractivity contribution in [2.45, 2.75) is 46.1 Å². The molecule has 0 radical (unpaired) electrons. The van der Waals surface area contributed by atoms with E-state index in [-0.39, 0.29) is 0 Å². The molecule has 0 aliphatic carbocycles. The Hall–Kier alpha value is 0.290. The molecule has 0 saturated carbocycles. The maximum Gasteiger partial charge on any atom is 0.132 e.